The molecule has 1 saturated carbocycles. The van der Waals surface area contributed by atoms with Crippen LogP contribution in [0.5, 0.6) is 0 Å². The third-order valence-corrected chi connectivity index (χ3v) is 3.96. The van der Waals surface area contributed by atoms with Crippen molar-refractivity contribution in [2.24, 2.45) is 5.92 Å². The first-order valence-electron chi connectivity index (χ1n) is 5.95. The molecule has 0 aromatic heterocycles. The molecule has 1 unspecified atom stereocenters. The van der Waals surface area contributed by atoms with Gasteiger partial charge in [0.05, 0.1) is 0 Å². The average Bonchev–Trinajstić information content (AvgIpc) is 2.39. The summed E-state index contributed by atoms with van der Waals surface area (Å²) in [5.74, 6) is 3.40. The summed E-state index contributed by atoms with van der Waals surface area (Å²) in [4.78, 5) is 11.7. The third kappa shape index (κ3) is 4.50. The monoisotopic (exact) mass is 214 g/mol. The molecule has 0 aromatic rings. The quantitative estimate of drug-likeness (QED) is 0.513. The Labute approximate surface area is 92.0 Å². The minimum Gasteiger partial charge on any atom is -0.299 e. The van der Waals surface area contributed by atoms with Gasteiger partial charge in [0, 0.05) is 12.3 Å². The zero-order valence-corrected chi connectivity index (χ0v) is 10.1. The summed E-state index contributed by atoms with van der Waals surface area (Å²) < 4.78 is 0. The van der Waals surface area contributed by atoms with Crippen molar-refractivity contribution in [1.29, 1.82) is 0 Å². The van der Waals surface area contributed by atoms with Gasteiger partial charge in [0.2, 0.25) is 0 Å². The van der Waals surface area contributed by atoms with Gasteiger partial charge in [-0.2, -0.15) is 11.8 Å². The van der Waals surface area contributed by atoms with E-state index in [2.05, 4.69) is 6.92 Å². The normalized spacial score (nSPS) is 23.5. The molecule has 1 aliphatic carbocycles. The van der Waals surface area contributed by atoms with Gasteiger partial charge in [0.15, 0.2) is 0 Å². The minimum absolute atomic E-state index is 0.412. The molecule has 1 atom stereocenters. The highest BCUT2D eigenvalue weighted by Crippen LogP contribution is 2.24. The molecule has 0 bridgehead atoms. The van der Waals surface area contributed by atoms with Crippen LogP contribution in [0.25, 0.3) is 0 Å². The van der Waals surface area contributed by atoms with Crippen molar-refractivity contribution < 1.29 is 4.79 Å². The van der Waals surface area contributed by atoms with E-state index in [1.165, 1.54) is 30.8 Å². The number of rotatable bonds is 5. The van der Waals surface area contributed by atoms with Crippen LogP contribution in [0.4, 0.5) is 0 Å². The van der Waals surface area contributed by atoms with E-state index in [9.17, 15) is 4.79 Å². The SMILES string of the molecule is CCSCCCC1CCCCCC1=O. The number of hydrogen-bond donors (Lipinski definition) is 0. The van der Waals surface area contributed by atoms with Crippen molar-refractivity contribution in [2.45, 2.75) is 51.9 Å². The van der Waals surface area contributed by atoms with Crippen LogP contribution < -0.4 is 0 Å². The maximum Gasteiger partial charge on any atom is 0.135 e. The zero-order valence-electron chi connectivity index (χ0n) is 9.26. The first-order chi connectivity index (χ1) is 6.84. The van der Waals surface area contributed by atoms with E-state index in [0.29, 0.717) is 11.7 Å². The maximum atomic E-state index is 11.7. The summed E-state index contributed by atoms with van der Waals surface area (Å²) in [7, 11) is 0. The fourth-order valence-corrected chi connectivity index (χ4v) is 2.77. The van der Waals surface area contributed by atoms with Gasteiger partial charge in [-0.3, -0.25) is 4.79 Å². The Bertz CT molecular complexity index is 168. The average molecular weight is 214 g/mol. The van der Waals surface area contributed by atoms with Gasteiger partial charge in [0.25, 0.3) is 0 Å². The molecule has 1 nitrogen and oxygen atoms in total. The second-order valence-electron chi connectivity index (χ2n) is 4.10. The molecule has 14 heavy (non-hydrogen) atoms. The van der Waals surface area contributed by atoms with Crippen molar-refractivity contribution in [1.82, 2.24) is 0 Å². The highest BCUT2D eigenvalue weighted by atomic mass is 32.2. The topological polar surface area (TPSA) is 17.1 Å². The molecule has 0 radical (unpaired) electrons. The molecule has 0 N–H and O–H groups in total. The first kappa shape index (κ1) is 12.1. The van der Waals surface area contributed by atoms with Crippen LogP contribution in [0.3, 0.4) is 0 Å². The van der Waals surface area contributed by atoms with E-state index >= 15 is 0 Å². The maximum absolute atomic E-state index is 11.7. The van der Waals surface area contributed by atoms with Crippen LogP contribution >= 0.6 is 11.8 Å². The lowest BCUT2D eigenvalue weighted by Crippen LogP contribution is -2.12. The Morgan fingerprint density at radius 3 is 3.00 bits per heavy atom. The molecule has 1 rings (SSSR count). The Morgan fingerprint density at radius 1 is 1.36 bits per heavy atom. The van der Waals surface area contributed by atoms with Crippen molar-refractivity contribution in [3.05, 3.63) is 0 Å². The van der Waals surface area contributed by atoms with Gasteiger partial charge in [-0.25, -0.2) is 0 Å². The summed E-state index contributed by atoms with van der Waals surface area (Å²) in [6.45, 7) is 2.20. The van der Waals surface area contributed by atoms with E-state index < -0.39 is 0 Å². The van der Waals surface area contributed by atoms with Gasteiger partial charge in [-0.05, 0) is 37.2 Å². The standard InChI is InChI=1S/C12H22OS/c1-2-14-10-6-8-11-7-4-3-5-9-12(11)13/h11H,2-10H2,1H3. The number of hydrogen-bond acceptors (Lipinski definition) is 2. The van der Waals surface area contributed by atoms with E-state index in [-0.39, 0.29) is 0 Å². The summed E-state index contributed by atoms with van der Waals surface area (Å²) in [5.41, 5.74) is 0. The summed E-state index contributed by atoms with van der Waals surface area (Å²) in [6, 6.07) is 0. The Balaban J connectivity index is 2.16. The van der Waals surface area contributed by atoms with Crippen LogP contribution in [-0.2, 0) is 4.79 Å². The van der Waals surface area contributed by atoms with Crippen molar-refractivity contribution in [3.63, 3.8) is 0 Å². The molecule has 2 heteroatoms. The molecule has 0 aromatic carbocycles. The molecule has 0 aliphatic heterocycles. The Hall–Kier alpha value is 0.0200. The van der Waals surface area contributed by atoms with Gasteiger partial charge in [0.1, 0.15) is 5.78 Å². The van der Waals surface area contributed by atoms with Gasteiger partial charge in [-0.1, -0.05) is 19.8 Å². The second-order valence-corrected chi connectivity index (χ2v) is 5.50. The molecule has 1 fully saturated rings. The molecular formula is C12H22OS. The first-order valence-corrected chi connectivity index (χ1v) is 7.10. The lowest BCUT2D eigenvalue weighted by Gasteiger charge is -2.11. The van der Waals surface area contributed by atoms with Crippen molar-refractivity contribution in [2.75, 3.05) is 11.5 Å². The summed E-state index contributed by atoms with van der Waals surface area (Å²) in [6.07, 6.45) is 8.07. The van der Waals surface area contributed by atoms with Crippen LogP contribution in [-0.4, -0.2) is 17.3 Å². The fourth-order valence-electron chi connectivity index (χ4n) is 2.11. The van der Waals surface area contributed by atoms with E-state index in [4.69, 9.17) is 0 Å². The Morgan fingerprint density at radius 2 is 2.21 bits per heavy atom. The largest absolute Gasteiger partial charge is 0.299 e. The van der Waals surface area contributed by atoms with Gasteiger partial charge in [-0.15, -0.1) is 0 Å². The minimum atomic E-state index is 0.412. The smallest absolute Gasteiger partial charge is 0.135 e. The van der Waals surface area contributed by atoms with Gasteiger partial charge < -0.3 is 0 Å². The molecule has 0 spiro atoms. The lowest BCUT2D eigenvalue weighted by atomic mass is 9.94. The molecule has 0 heterocycles. The highest BCUT2D eigenvalue weighted by Gasteiger charge is 2.19. The van der Waals surface area contributed by atoms with Crippen LogP contribution in [0.15, 0.2) is 0 Å². The van der Waals surface area contributed by atoms with E-state index in [1.54, 1.807) is 0 Å². The third-order valence-electron chi connectivity index (χ3n) is 2.98. The number of Topliss-reactive ketones (excluding diaryl/α,β-unsaturated/α-hetero) is 1. The number of carbonyl (C=O) groups is 1. The number of thioether (sulfide) groups is 1. The molecule has 0 amide bonds. The van der Waals surface area contributed by atoms with Crippen LogP contribution in [0.1, 0.15) is 51.9 Å². The molecule has 0 saturated heterocycles. The van der Waals surface area contributed by atoms with Crippen LogP contribution in [0.2, 0.25) is 0 Å². The Kier molecular flexibility index (Phi) is 6.33. The predicted octanol–water partition coefficient (Wildman–Crippen LogP) is 3.67. The second kappa shape index (κ2) is 7.33. The summed E-state index contributed by atoms with van der Waals surface area (Å²) in [5, 5.41) is 0. The molecular weight excluding hydrogens is 192 g/mol. The number of ketones is 1. The molecule has 82 valence electrons. The zero-order chi connectivity index (χ0) is 10.2. The van der Waals surface area contributed by atoms with Gasteiger partial charge >= 0.3 is 0 Å². The lowest BCUT2D eigenvalue weighted by molar-refractivity contribution is -0.122. The van der Waals surface area contributed by atoms with E-state index in [1.807, 2.05) is 11.8 Å². The van der Waals surface area contributed by atoms with Crippen LogP contribution in [0, 0.1) is 5.92 Å². The fraction of sp³-hybridized carbons (Fsp3) is 0.917. The van der Waals surface area contributed by atoms with Crippen molar-refractivity contribution >= 4 is 17.5 Å². The molecule has 1 aliphatic rings. The predicted molar refractivity (Wildman–Crippen MR) is 63.8 cm³/mol. The highest BCUT2D eigenvalue weighted by molar-refractivity contribution is 7.99. The summed E-state index contributed by atoms with van der Waals surface area (Å²) >= 11 is 1.99. The van der Waals surface area contributed by atoms with Crippen molar-refractivity contribution in [3.8, 4) is 0 Å². The number of carbonyl (C=O) groups excluding carboxylic acids is 1. The van der Waals surface area contributed by atoms with E-state index in [0.717, 1.165) is 25.7 Å².